The summed E-state index contributed by atoms with van der Waals surface area (Å²) >= 11 is 6.13. The van der Waals surface area contributed by atoms with E-state index in [1.807, 2.05) is 13.0 Å². The zero-order valence-corrected chi connectivity index (χ0v) is 16.5. The molecule has 1 fully saturated rings. The number of ether oxygens (including phenoxy) is 1. The lowest BCUT2D eigenvalue weighted by Gasteiger charge is -2.16. The molecule has 0 bridgehead atoms. The van der Waals surface area contributed by atoms with Gasteiger partial charge in [0.05, 0.1) is 25.2 Å². The zero-order chi connectivity index (χ0) is 19.2. The van der Waals surface area contributed by atoms with Crippen LogP contribution >= 0.6 is 11.6 Å². The van der Waals surface area contributed by atoms with Crippen LogP contribution < -0.4 is 15.4 Å². The molecule has 2 N–H and O–H groups in total. The van der Waals surface area contributed by atoms with Crippen molar-refractivity contribution in [3.8, 4) is 5.75 Å². The van der Waals surface area contributed by atoms with E-state index in [9.17, 15) is 4.79 Å². The van der Waals surface area contributed by atoms with Gasteiger partial charge in [0.25, 0.3) is 5.91 Å². The number of benzene rings is 1. The van der Waals surface area contributed by atoms with Crippen molar-refractivity contribution in [2.24, 2.45) is 0 Å². The highest BCUT2D eigenvalue weighted by Gasteiger charge is 2.17. The Labute approximate surface area is 164 Å². The normalized spacial score (nSPS) is 15.1. The van der Waals surface area contributed by atoms with E-state index in [4.69, 9.17) is 16.3 Å². The highest BCUT2D eigenvalue weighted by molar-refractivity contribution is 6.31. The Kier molecular flexibility index (Phi) is 6.50. The summed E-state index contributed by atoms with van der Waals surface area (Å²) in [6, 6.07) is 3.87. The van der Waals surface area contributed by atoms with Crippen molar-refractivity contribution in [3.63, 3.8) is 0 Å². The predicted molar refractivity (Wildman–Crippen MR) is 107 cm³/mol. The van der Waals surface area contributed by atoms with Crippen LogP contribution in [-0.4, -0.2) is 29.0 Å². The third-order valence-corrected chi connectivity index (χ3v) is 5.23. The van der Waals surface area contributed by atoms with Crippen LogP contribution in [0.25, 0.3) is 0 Å². The van der Waals surface area contributed by atoms with Gasteiger partial charge in [0.15, 0.2) is 0 Å². The van der Waals surface area contributed by atoms with Gasteiger partial charge in [-0.05, 0) is 31.4 Å². The summed E-state index contributed by atoms with van der Waals surface area (Å²) in [5.41, 5.74) is 1.99. The van der Waals surface area contributed by atoms with Crippen LogP contribution in [0.15, 0.2) is 24.5 Å². The second-order valence-corrected chi connectivity index (χ2v) is 7.28. The van der Waals surface area contributed by atoms with Crippen molar-refractivity contribution in [2.75, 3.05) is 12.4 Å². The van der Waals surface area contributed by atoms with Crippen molar-refractivity contribution in [2.45, 2.75) is 51.5 Å². The molecule has 0 saturated heterocycles. The number of aromatic nitrogens is 2. The summed E-state index contributed by atoms with van der Waals surface area (Å²) in [5, 5.41) is 6.87. The Bertz CT molecular complexity index is 787. The van der Waals surface area contributed by atoms with E-state index in [1.165, 1.54) is 31.9 Å². The maximum Gasteiger partial charge on any atom is 0.271 e. The third-order valence-electron chi connectivity index (χ3n) is 4.82. The molecule has 0 radical (unpaired) electrons. The minimum Gasteiger partial charge on any atom is -0.495 e. The Morgan fingerprint density at radius 1 is 1.15 bits per heavy atom. The highest BCUT2D eigenvalue weighted by atomic mass is 35.5. The second kappa shape index (κ2) is 9.04. The van der Waals surface area contributed by atoms with Crippen LogP contribution in [0.5, 0.6) is 5.75 Å². The van der Waals surface area contributed by atoms with Gasteiger partial charge in [-0.1, -0.05) is 37.3 Å². The average Bonchev–Trinajstić information content (AvgIpc) is 2.93. The lowest BCUT2D eigenvalue weighted by Crippen LogP contribution is -2.34. The van der Waals surface area contributed by atoms with Crippen molar-refractivity contribution in [1.82, 2.24) is 15.3 Å². The van der Waals surface area contributed by atoms with E-state index in [1.54, 1.807) is 19.4 Å². The molecule has 6 nitrogen and oxygen atoms in total. The number of aryl methyl sites for hydroxylation is 1. The molecule has 1 amide bonds. The molecule has 1 aliphatic carbocycles. The quantitative estimate of drug-likeness (QED) is 0.729. The van der Waals surface area contributed by atoms with Crippen molar-refractivity contribution >= 4 is 29.0 Å². The average molecular weight is 389 g/mol. The first-order valence-corrected chi connectivity index (χ1v) is 9.68. The first-order chi connectivity index (χ1) is 13.1. The molecule has 1 aromatic heterocycles. The van der Waals surface area contributed by atoms with E-state index in [2.05, 4.69) is 20.6 Å². The highest BCUT2D eigenvalue weighted by Crippen LogP contribution is 2.32. The van der Waals surface area contributed by atoms with Gasteiger partial charge in [-0.15, -0.1) is 0 Å². The molecule has 1 heterocycles. The molecule has 3 rings (SSSR count). The van der Waals surface area contributed by atoms with Crippen LogP contribution in [0.3, 0.4) is 0 Å². The van der Waals surface area contributed by atoms with E-state index in [0.717, 1.165) is 24.1 Å². The Morgan fingerprint density at radius 2 is 1.89 bits per heavy atom. The minimum absolute atomic E-state index is 0.166. The summed E-state index contributed by atoms with van der Waals surface area (Å²) in [4.78, 5) is 21.0. The van der Waals surface area contributed by atoms with Crippen LogP contribution in [0.4, 0.5) is 11.5 Å². The number of methoxy groups -OCH3 is 1. The monoisotopic (exact) mass is 388 g/mol. The molecule has 0 unspecified atom stereocenters. The van der Waals surface area contributed by atoms with E-state index in [-0.39, 0.29) is 11.9 Å². The van der Waals surface area contributed by atoms with Crippen LogP contribution in [0, 0.1) is 6.92 Å². The van der Waals surface area contributed by atoms with Gasteiger partial charge in [-0.25, -0.2) is 9.97 Å². The smallest absolute Gasteiger partial charge is 0.271 e. The van der Waals surface area contributed by atoms with E-state index in [0.29, 0.717) is 22.3 Å². The predicted octanol–water partition coefficient (Wildman–Crippen LogP) is 4.64. The standard InChI is InChI=1S/C20H25ClN4O2/c1-13-9-16(18(27-2)10-15(13)21)25-19-12-22-17(11-23-19)20(26)24-14-7-5-3-4-6-8-14/h9-12,14H,3-8H2,1-2H3,(H,23,25)(H,24,26). The molecular formula is C20H25ClN4O2. The first-order valence-electron chi connectivity index (χ1n) is 9.31. The van der Waals surface area contributed by atoms with Gasteiger partial charge >= 0.3 is 0 Å². The molecule has 7 heteroatoms. The van der Waals surface area contributed by atoms with Crippen molar-refractivity contribution in [1.29, 1.82) is 0 Å². The minimum atomic E-state index is -0.166. The summed E-state index contributed by atoms with van der Waals surface area (Å²) < 4.78 is 5.35. The fourth-order valence-corrected chi connectivity index (χ4v) is 3.41. The zero-order valence-electron chi connectivity index (χ0n) is 15.7. The molecule has 0 spiro atoms. The summed E-state index contributed by atoms with van der Waals surface area (Å²) in [6.07, 6.45) is 9.95. The Balaban J connectivity index is 1.66. The SMILES string of the molecule is COc1cc(Cl)c(C)cc1Nc1cnc(C(=O)NC2CCCCCC2)cn1. The molecule has 0 atom stereocenters. The maximum absolute atomic E-state index is 12.4. The topological polar surface area (TPSA) is 76.1 Å². The molecule has 1 saturated carbocycles. The van der Waals surface area contributed by atoms with Gasteiger partial charge in [0, 0.05) is 17.1 Å². The maximum atomic E-state index is 12.4. The molecule has 27 heavy (non-hydrogen) atoms. The van der Waals surface area contributed by atoms with Gasteiger partial charge in [0.1, 0.15) is 17.3 Å². The lowest BCUT2D eigenvalue weighted by atomic mass is 10.1. The first kappa shape index (κ1) is 19.4. The van der Waals surface area contributed by atoms with Crippen LogP contribution in [0.1, 0.15) is 54.6 Å². The molecular weight excluding hydrogens is 364 g/mol. The molecule has 1 aromatic carbocycles. The van der Waals surface area contributed by atoms with Crippen LogP contribution in [-0.2, 0) is 0 Å². The molecule has 2 aromatic rings. The molecule has 144 valence electrons. The van der Waals surface area contributed by atoms with Crippen molar-refractivity contribution in [3.05, 3.63) is 40.8 Å². The van der Waals surface area contributed by atoms with Gasteiger partial charge in [0.2, 0.25) is 0 Å². The fourth-order valence-electron chi connectivity index (χ4n) is 3.26. The number of hydrogen-bond donors (Lipinski definition) is 2. The Morgan fingerprint density at radius 3 is 2.52 bits per heavy atom. The van der Waals surface area contributed by atoms with Crippen LogP contribution in [0.2, 0.25) is 5.02 Å². The summed E-state index contributed by atoms with van der Waals surface area (Å²) in [6.45, 7) is 1.92. The van der Waals surface area contributed by atoms with Crippen molar-refractivity contribution < 1.29 is 9.53 Å². The van der Waals surface area contributed by atoms with Gasteiger partial charge < -0.3 is 15.4 Å². The number of halogens is 1. The lowest BCUT2D eigenvalue weighted by molar-refractivity contribution is 0.0928. The van der Waals surface area contributed by atoms with E-state index >= 15 is 0 Å². The summed E-state index contributed by atoms with van der Waals surface area (Å²) in [7, 11) is 1.58. The second-order valence-electron chi connectivity index (χ2n) is 6.88. The largest absolute Gasteiger partial charge is 0.495 e. The Hall–Kier alpha value is -2.34. The molecule has 0 aliphatic heterocycles. The number of nitrogens with zero attached hydrogens (tertiary/aromatic N) is 2. The number of hydrogen-bond acceptors (Lipinski definition) is 5. The number of carbonyl (C=O) groups excluding carboxylic acids is 1. The fraction of sp³-hybridized carbons (Fsp3) is 0.450. The van der Waals surface area contributed by atoms with Gasteiger partial charge in [-0.3, -0.25) is 4.79 Å². The number of anilines is 2. The molecule has 1 aliphatic rings. The summed E-state index contributed by atoms with van der Waals surface area (Å²) in [5.74, 6) is 0.976. The number of carbonyl (C=O) groups is 1. The number of amides is 1. The van der Waals surface area contributed by atoms with E-state index < -0.39 is 0 Å². The van der Waals surface area contributed by atoms with Gasteiger partial charge in [-0.2, -0.15) is 0 Å². The number of rotatable bonds is 5. The third kappa shape index (κ3) is 5.10. The number of nitrogens with one attached hydrogen (secondary N) is 2.